The number of amides is 1. The summed E-state index contributed by atoms with van der Waals surface area (Å²) in [5.74, 6) is 0.770. The number of nitrogens with zero attached hydrogens (tertiary/aromatic N) is 2. The Kier molecular flexibility index (Phi) is 6.51. The maximum atomic E-state index is 12.3. The Bertz CT molecular complexity index is 737. The lowest BCUT2D eigenvalue weighted by Gasteiger charge is -2.30. The van der Waals surface area contributed by atoms with Crippen LogP contribution < -0.4 is 10.2 Å². The van der Waals surface area contributed by atoms with Crippen LogP contribution in [0.3, 0.4) is 0 Å². The topological polar surface area (TPSA) is 35.6 Å². The summed E-state index contributed by atoms with van der Waals surface area (Å²) >= 11 is 0. The number of benzene rings is 2. The molecular formula is C23H31N3O. The minimum absolute atomic E-state index is 0.0355. The van der Waals surface area contributed by atoms with Crippen molar-refractivity contribution in [2.75, 3.05) is 32.1 Å². The summed E-state index contributed by atoms with van der Waals surface area (Å²) in [6.45, 7) is 6.32. The van der Waals surface area contributed by atoms with Crippen LogP contribution in [0.5, 0.6) is 0 Å². The number of anilines is 1. The van der Waals surface area contributed by atoms with Crippen LogP contribution in [-0.4, -0.2) is 38.0 Å². The Morgan fingerprint density at radius 1 is 1.07 bits per heavy atom. The van der Waals surface area contributed by atoms with Gasteiger partial charge in [0.05, 0.1) is 0 Å². The minimum atomic E-state index is -0.0355. The molecule has 1 N–H and O–H groups in total. The van der Waals surface area contributed by atoms with Crippen LogP contribution in [0.15, 0.2) is 48.5 Å². The van der Waals surface area contributed by atoms with Crippen molar-refractivity contribution in [3.8, 4) is 0 Å². The van der Waals surface area contributed by atoms with Gasteiger partial charge in [-0.25, -0.2) is 0 Å². The number of piperidine rings is 1. The Hall–Kier alpha value is -2.33. The Morgan fingerprint density at radius 3 is 2.37 bits per heavy atom. The zero-order valence-corrected chi connectivity index (χ0v) is 16.7. The highest BCUT2D eigenvalue weighted by Gasteiger charge is 2.16. The average Bonchev–Trinajstić information content (AvgIpc) is 2.67. The zero-order chi connectivity index (χ0) is 19.2. The van der Waals surface area contributed by atoms with E-state index in [0.717, 1.165) is 23.7 Å². The van der Waals surface area contributed by atoms with Gasteiger partial charge in [0.25, 0.3) is 5.91 Å². The fraction of sp³-hybridized carbons (Fsp3) is 0.435. The molecular weight excluding hydrogens is 334 g/mol. The van der Waals surface area contributed by atoms with Gasteiger partial charge in [-0.05, 0) is 60.7 Å². The van der Waals surface area contributed by atoms with E-state index >= 15 is 0 Å². The summed E-state index contributed by atoms with van der Waals surface area (Å²) in [5.41, 5.74) is 4.25. The van der Waals surface area contributed by atoms with E-state index in [1.807, 2.05) is 43.3 Å². The monoisotopic (exact) mass is 365 g/mol. The smallest absolute Gasteiger partial charge is 0.251 e. The first-order valence-electron chi connectivity index (χ1n) is 9.87. The van der Waals surface area contributed by atoms with Crippen molar-refractivity contribution in [3.05, 3.63) is 65.2 Å². The fourth-order valence-corrected chi connectivity index (χ4v) is 3.65. The number of rotatable bonds is 6. The lowest BCUT2D eigenvalue weighted by molar-refractivity contribution is 0.0951. The van der Waals surface area contributed by atoms with Crippen molar-refractivity contribution >= 4 is 11.6 Å². The number of nitrogens with one attached hydrogen (secondary N) is 1. The molecule has 3 rings (SSSR count). The number of hydrogen-bond acceptors (Lipinski definition) is 3. The first-order valence-corrected chi connectivity index (χ1v) is 9.87. The first kappa shape index (κ1) is 19.4. The van der Waals surface area contributed by atoms with Crippen LogP contribution in [-0.2, 0) is 13.1 Å². The summed E-state index contributed by atoms with van der Waals surface area (Å²) in [4.78, 5) is 16.9. The normalized spacial score (nSPS) is 17.5. The summed E-state index contributed by atoms with van der Waals surface area (Å²) in [5, 5.41) is 3.01. The zero-order valence-electron chi connectivity index (χ0n) is 16.7. The van der Waals surface area contributed by atoms with E-state index < -0.39 is 0 Å². The summed E-state index contributed by atoms with van der Waals surface area (Å²) in [7, 11) is 3.98. The molecule has 144 valence electrons. The molecule has 1 heterocycles. The van der Waals surface area contributed by atoms with Gasteiger partial charge in [-0.15, -0.1) is 0 Å². The lowest BCUT2D eigenvalue weighted by atomic mass is 9.99. The van der Waals surface area contributed by atoms with Crippen molar-refractivity contribution in [1.29, 1.82) is 0 Å². The van der Waals surface area contributed by atoms with Gasteiger partial charge in [-0.3, -0.25) is 9.69 Å². The van der Waals surface area contributed by atoms with E-state index in [2.05, 4.69) is 41.4 Å². The Morgan fingerprint density at radius 2 is 1.74 bits per heavy atom. The first-order chi connectivity index (χ1) is 13.0. The molecule has 27 heavy (non-hydrogen) atoms. The fourth-order valence-electron chi connectivity index (χ4n) is 3.65. The maximum absolute atomic E-state index is 12.3. The van der Waals surface area contributed by atoms with E-state index in [0.29, 0.717) is 12.1 Å². The predicted octanol–water partition coefficient (Wildman–Crippen LogP) is 3.91. The Labute approximate surface area is 163 Å². The van der Waals surface area contributed by atoms with Crippen molar-refractivity contribution in [2.24, 2.45) is 5.92 Å². The van der Waals surface area contributed by atoms with Crippen LogP contribution in [0.2, 0.25) is 0 Å². The number of carbonyl (C=O) groups excluding carboxylic acids is 1. The number of hydrogen-bond donors (Lipinski definition) is 1. The van der Waals surface area contributed by atoms with Crippen molar-refractivity contribution in [1.82, 2.24) is 10.2 Å². The van der Waals surface area contributed by atoms with Crippen LogP contribution in [0.4, 0.5) is 5.69 Å². The molecule has 1 atom stereocenters. The van der Waals surface area contributed by atoms with Crippen molar-refractivity contribution < 1.29 is 4.79 Å². The van der Waals surface area contributed by atoms with Gasteiger partial charge in [0, 0.05) is 45.0 Å². The third kappa shape index (κ3) is 5.57. The maximum Gasteiger partial charge on any atom is 0.251 e. The van der Waals surface area contributed by atoms with E-state index in [1.54, 1.807) is 0 Å². The molecule has 2 aromatic rings. The molecule has 1 unspecified atom stereocenters. The van der Waals surface area contributed by atoms with Gasteiger partial charge in [0.15, 0.2) is 0 Å². The largest absolute Gasteiger partial charge is 0.378 e. The third-order valence-electron chi connectivity index (χ3n) is 5.27. The van der Waals surface area contributed by atoms with Gasteiger partial charge in [0.1, 0.15) is 0 Å². The molecule has 4 nitrogen and oxygen atoms in total. The summed E-state index contributed by atoms with van der Waals surface area (Å²) < 4.78 is 0. The molecule has 1 aliphatic rings. The van der Waals surface area contributed by atoms with E-state index in [9.17, 15) is 4.79 Å². The molecule has 0 spiro atoms. The molecule has 1 saturated heterocycles. The molecule has 0 aromatic heterocycles. The molecule has 0 aliphatic carbocycles. The summed E-state index contributed by atoms with van der Waals surface area (Å²) in [6.07, 6.45) is 2.66. The second kappa shape index (κ2) is 9.05. The number of likely N-dealkylation sites (tertiary alicyclic amines) is 1. The van der Waals surface area contributed by atoms with Crippen LogP contribution in [0.25, 0.3) is 0 Å². The highest BCUT2D eigenvalue weighted by atomic mass is 16.1. The van der Waals surface area contributed by atoms with Crippen LogP contribution in [0, 0.1) is 5.92 Å². The number of carbonyl (C=O) groups is 1. The molecule has 0 radical (unpaired) electrons. The predicted molar refractivity (Wildman–Crippen MR) is 112 cm³/mol. The SMILES string of the molecule is CC1CCCN(Cc2ccc(CNC(=O)c3ccc(N(C)C)cc3)cc2)C1. The lowest BCUT2D eigenvalue weighted by Crippen LogP contribution is -2.33. The van der Waals surface area contributed by atoms with Crippen LogP contribution in [0.1, 0.15) is 41.3 Å². The third-order valence-corrected chi connectivity index (χ3v) is 5.27. The quantitative estimate of drug-likeness (QED) is 0.843. The molecule has 2 aromatic carbocycles. The van der Waals surface area contributed by atoms with Gasteiger partial charge < -0.3 is 10.2 Å². The van der Waals surface area contributed by atoms with Crippen molar-refractivity contribution in [2.45, 2.75) is 32.9 Å². The van der Waals surface area contributed by atoms with Gasteiger partial charge >= 0.3 is 0 Å². The van der Waals surface area contributed by atoms with E-state index in [4.69, 9.17) is 0 Å². The van der Waals surface area contributed by atoms with Gasteiger partial charge in [0.2, 0.25) is 0 Å². The average molecular weight is 366 g/mol. The minimum Gasteiger partial charge on any atom is -0.378 e. The highest BCUT2D eigenvalue weighted by Crippen LogP contribution is 2.18. The highest BCUT2D eigenvalue weighted by molar-refractivity contribution is 5.94. The molecule has 4 heteroatoms. The Balaban J connectivity index is 1.50. The summed E-state index contributed by atoms with van der Waals surface area (Å²) in [6, 6.07) is 16.3. The second-order valence-corrected chi connectivity index (χ2v) is 7.92. The van der Waals surface area contributed by atoms with Gasteiger partial charge in [-0.1, -0.05) is 31.2 Å². The molecule has 1 amide bonds. The van der Waals surface area contributed by atoms with E-state index in [-0.39, 0.29) is 5.91 Å². The van der Waals surface area contributed by atoms with Crippen molar-refractivity contribution in [3.63, 3.8) is 0 Å². The van der Waals surface area contributed by atoms with Crippen LogP contribution >= 0.6 is 0 Å². The second-order valence-electron chi connectivity index (χ2n) is 7.92. The molecule has 0 saturated carbocycles. The van der Waals surface area contributed by atoms with E-state index in [1.165, 1.54) is 31.5 Å². The molecule has 1 fully saturated rings. The van der Waals surface area contributed by atoms with Gasteiger partial charge in [-0.2, -0.15) is 0 Å². The standard InChI is InChI=1S/C23H31N3O/c1-18-5-4-14-26(16-18)17-20-8-6-19(7-9-20)15-24-23(27)21-10-12-22(13-11-21)25(2)3/h6-13,18H,4-5,14-17H2,1-3H3,(H,24,27). The molecule has 1 aliphatic heterocycles. The molecule has 0 bridgehead atoms.